The number of nitrogens with zero attached hydrogens (tertiary/aromatic N) is 5. The van der Waals surface area contributed by atoms with E-state index < -0.39 is 6.10 Å². The minimum atomic E-state index is -0.603. The molecular formula is C8H7N6O4+. The van der Waals surface area contributed by atoms with Crippen molar-refractivity contribution in [2.45, 2.75) is 12.5 Å². The molecule has 1 N–H and O–H groups in total. The molecule has 3 rings (SSSR count). The summed E-state index contributed by atoms with van der Waals surface area (Å²) in [5, 5.41) is 12.9. The molecule has 3 aromatic rings. The maximum absolute atomic E-state index is 5.49. The topological polar surface area (TPSA) is 127 Å². The molecule has 0 saturated heterocycles. The molecule has 3 heterocycles. The molecule has 0 aliphatic heterocycles. The van der Waals surface area contributed by atoms with Crippen molar-refractivity contribution in [2.75, 3.05) is 0 Å². The van der Waals surface area contributed by atoms with Crippen molar-refractivity contribution in [3.05, 3.63) is 30.6 Å². The highest BCUT2D eigenvalue weighted by molar-refractivity contribution is 4.97. The first-order valence-corrected chi connectivity index (χ1v) is 4.93. The lowest BCUT2D eigenvalue weighted by Crippen LogP contribution is -2.11. The van der Waals surface area contributed by atoms with Gasteiger partial charge in [-0.1, -0.05) is 15.4 Å². The number of hydrogen-bond acceptors (Lipinski definition) is 9. The van der Waals surface area contributed by atoms with Crippen LogP contribution < -0.4 is 9.84 Å². The van der Waals surface area contributed by atoms with Crippen LogP contribution in [-0.4, -0.2) is 25.6 Å². The second kappa shape index (κ2) is 4.61. The van der Waals surface area contributed by atoms with Gasteiger partial charge in [0.25, 0.3) is 12.1 Å². The third-order valence-corrected chi connectivity index (χ3v) is 2.05. The molecule has 18 heavy (non-hydrogen) atoms. The zero-order valence-electron chi connectivity index (χ0n) is 8.89. The van der Waals surface area contributed by atoms with Crippen molar-refractivity contribution < 1.29 is 23.4 Å². The van der Waals surface area contributed by atoms with Crippen molar-refractivity contribution in [3.63, 3.8) is 0 Å². The quantitative estimate of drug-likeness (QED) is 0.595. The highest BCUT2D eigenvalue weighted by atomic mass is 16.6. The fourth-order valence-corrected chi connectivity index (χ4v) is 1.32. The Bertz CT molecular complexity index is 527. The monoisotopic (exact) mass is 251 g/mol. The number of hydrogen-bond donors (Lipinski definition) is 0. The normalized spacial score (nSPS) is 12.4. The van der Waals surface area contributed by atoms with Crippen LogP contribution in [-0.2, 0) is 6.42 Å². The Balaban J connectivity index is 1.80. The third-order valence-electron chi connectivity index (χ3n) is 2.05. The zero-order valence-corrected chi connectivity index (χ0v) is 8.89. The molecule has 0 amide bonds. The van der Waals surface area contributed by atoms with Gasteiger partial charge in [0.2, 0.25) is 5.89 Å². The van der Waals surface area contributed by atoms with E-state index in [1.165, 1.54) is 18.9 Å². The van der Waals surface area contributed by atoms with E-state index in [-0.39, 0.29) is 18.3 Å². The maximum Gasteiger partial charge on any atom is 0.383 e. The van der Waals surface area contributed by atoms with Gasteiger partial charge in [0.15, 0.2) is 24.0 Å². The number of rotatable bonds is 5. The summed E-state index contributed by atoms with van der Waals surface area (Å²) < 4.78 is 20.1. The molecule has 1 unspecified atom stereocenters. The highest BCUT2D eigenvalue weighted by Crippen LogP contribution is 2.21. The molecule has 0 aliphatic carbocycles. The minimum Gasteiger partial charge on any atom is -0.445 e. The molecule has 0 radical (unpaired) electrons. The Hall–Kier alpha value is -2.78. The standard InChI is InChI=1S/C8H6N6O4/c1(6-9-3-12-16-6)5(8-10-4-13-18-8)15-7-2-11-14-17-7/h2-5H,1H2/p+1. The predicted octanol–water partition coefficient (Wildman–Crippen LogP) is -0.383. The molecular weight excluding hydrogens is 244 g/mol. The SMILES string of the molecule is c1noc(CC(Oc2c[nH+]no2)c2ncno2)n1. The smallest absolute Gasteiger partial charge is 0.383 e. The van der Waals surface area contributed by atoms with E-state index in [9.17, 15) is 0 Å². The largest absolute Gasteiger partial charge is 0.445 e. The Morgan fingerprint density at radius 3 is 2.72 bits per heavy atom. The molecule has 0 bridgehead atoms. The maximum atomic E-state index is 5.49. The van der Waals surface area contributed by atoms with Crippen molar-refractivity contribution in [1.82, 2.24) is 25.6 Å². The van der Waals surface area contributed by atoms with E-state index in [1.807, 2.05) is 0 Å². The van der Waals surface area contributed by atoms with Gasteiger partial charge in [-0.25, -0.2) is 0 Å². The van der Waals surface area contributed by atoms with Crippen LogP contribution in [0, 0.1) is 0 Å². The van der Waals surface area contributed by atoms with Gasteiger partial charge in [-0.2, -0.15) is 9.97 Å². The molecule has 0 aromatic carbocycles. The molecule has 92 valence electrons. The molecule has 0 spiro atoms. The van der Waals surface area contributed by atoms with Gasteiger partial charge in [0.1, 0.15) is 0 Å². The molecule has 0 saturated carbocycles. The first-order valence-electron chi connectivity index (χ1n) is 4.93. The number of aromatic amines is 1. The van der Waals surface area contributed by atoms with Gasteiger partial charge in [-0.05, 0) is 0 Å². The second-order valence-electron chi connectivity index (χ2n) is 3.20. The van der Waals surface area contributed by atoms with E-state index in [0.717, 1.165) is 0 Å². The van der Waals surface area contributed by atoms with Crippen molar-refractivity contribution >= 4 is 0 Å². The van der Waals surface area contributed by atoms with Crippen molar-refractivity contribution in [1.29, 1.82) is 0 Å². The molecule has 1 atom stereocenters. The molecule has 10 heteroatoms. The number of aromatic nitrogens is 6. The summed E-state index contributed by atoms with van der Waals surface area (Å²) >= 11 is 0. The molecule has 10 nitrogen and oxygen atoms in total. The Morgan fingerprint density at radius 1 is 1.17 bits per heavy atom. The summed E-state index contributed by atoms with van der Waals surface area (Å²) in [6.45, 7) is 0. The predicted molar refractivity (Wildman–Crippen MR) is 48.7 cm³/mol. The van der Waals surface area contributed by atoms with Gasteiger partial charge in [0, 0.05) is 0 Å². The van der Waals surface area contributed by atoms with Crippen LogP contribution >= 0.6 is 0 Å². The Morgan fingerprint density at radius 2 is 2.06 bits per heavy atom. The lowest BCUT2D eigenvalue weighted by molar-refractivity contribution is -0.471. The van der Waals surface area contributed by atoms with Crippen LogP contribution in [0.1, 0.15) is 17.9 Å². The fourth-order valence-electron chi connectivity index (χ4n) is 1.32. The fraction of sp³-hybridized carbons (Fsp3) is 0.250. The Kier molecular flexibility index (Phi) is 2.66. The second-order valence-corrected chi connectivity index (χ2v) is 3.20. The number of nitrogens with one attached hydrogen (secondary N) is 1. The number of ether oxygens (including phenoxy) is 1. The van der Waals surface area contributed by atoms with Gasteiger partial charge in [-0.3, -0.25) is 4.52 Å². The van der Waals surface area contributed by atoms with Crippen LogP contribution in [0.5, 0.6) is 5.95 Å². The summed E-state index contributed by atoms with van der Waals surface area (Å²) in [7, 11) is 0. The zero-order chi connectivity index (χ0) is 12.2. The minimum absolute atomic E-state index is 0.178. The third kappa shape index (κ3) is 2.16. The van der Waals surface area contributed by atoms with Crippen LogP contribution in [0.15, 0.2) is 32.4 Å². The summed E-state index contributed by atoms with van der Waals surface area (Å²) in [5.74, 6) is 0.823. The summed E-state index contributed by atoms with van der Waals surface area (Å²) in [6, 6.07) is 0. The molecule has 0 fully saturated rings. The van der Waals surface area contributed by atoms with Gasteiger partial charge >= 0.3 is 5.95 Å². The summed E-state index contributed by atoms with van der Waals surface area (Å²) in [4.78, 5) is 7.81. The van der Waals surface area contributed by atoms with E-state index in [1.54, 1.807) is 0 Å². The average Bonchev–Trinajstić information content (AvgIpc) is 3.13. The van der Waals surface area contributed by atoms with Gasteiger partial charge < -0.3 is 13.8 Å². The van der Waals surface area contributed by atoms with Crippen LogP contribution in [0.3, 0.4) is 0 Å². The van der Waals surface area contributed by atoms with E-state index in [4.69, 9.17) is 18.3 Å². The summed E-state index contributed by atoms with van der Waals surface area (Å²) in [5.41, 5.74) is 0. The Labute approximate surface area is 98.9 Å². The van der Waals surface area contributed by atoms with Crippen LogP contribution in [0.25, 0.3) is 0 Å². The van der Waals surface area contributed by atoms with Crippen molar-refractivity contribution in [2.24, 2.45) is 0 Å². The van der Waals surface area contributed by atoms with E-state index in [2.05, 4.69) is 30.7 Å². The van der Waals surface area contributed by atoms with E-state index in [0.29, 0.717) is 5.89 Å². The molecule has 0 aliphatic rings. The average molecular weight is 251 g/mol. The number of H-pyrrole nitrogens is 1. The lowest BCUT2D eigenvalue weighted by Gasteiger charge is -2.08. The van der Waals surface area contributed by atoms with Crippen LogP contribution in [0.2, 0.25) is 0 Å². The highest BCUT2D eigenvalue weighted by Gasteiger charge is 2.24. The first kappa shape index (κ1) is 10.4. The van der Waals surface area contributed by atoms with Crippen LogP contribution in [0.4, 0.5) is 0 Å². The summed E-state index contributed by atoms with van der Waals surface area (Å²) in [6.07, 6.45) is 3.67. The van der Waals surface area contributed by atoms with E-state index >= 15 is 0 Å². The first-order chi connectivity index (χ1) is 8.92. The van der Waals surface area contributed by atoms with Gasteiger partial charge in [0.05, 0.1) is 6.42 Å². The molecule has 3 aromatic heterocycles. The van der Waals surface area contributed by atoms with Crippen molar-refractivity contribution in [3.8, 4) is 5.95 Å². The lowest BCUT2D eigenvalue weighted by atomic mass is 10.2. The van der Waals surface area contributed by atoms with Gasteiger partial charge in [-0.15, -0.1) is 0 Å².